The Kier molecular flexibility index (Phi) is 6.96. The Morgan fingerprint density at radius 1 is 0.886 bits per heavy atom. The molecule has 0 aromatic heterocycles. The number of nitrogens with one attached hydrogen (secondary N) is 1. The van der Waals surface area contributed by atoms with Gasteiger partial charge in [0.2, 0.25) is 0 Å². The Bertz CT molecular complexity index is 1300. The quantitative estimate of drug-likeness (QED) is 0.349. The second-order valence-electron chi connectivity index (χ2n) is 8.89. The molecule has 2 unspecified atom stereocenters. The summed E-state index contributed by atoms with van der Waals surface area (Å²) in [5.41, 5.74) is 2.34. The van der Waals surface area contributed by atoms with Crippen molar-refractivity contribution in [1.82, 2.24) is 5.32 Å². The number of piperidine rings is 1. The predicted octanol–water partition coefficient (Wildman–Crippen LogP) is 5.68. The van der Waals surface area contributed by atoms with Crippen molar-refractivity contribution in [1.29, 1.82) is 0 Å². The van der Waals surface area contributed by atoms with E-state index in [4.69, 9.17) is 9.47 Å². The molecule has 1 heterocycles. The minimum atomic E-state index is -0.910. The topological polar surface area (TPSA) is 67.8 Å². The Hall–Kier alpha value is -3.83. The van der Waals surface area contributed by atoms with E-state index >= 15 is 0 Å². The summed E-state index contributed by atoms with van der Waals surface area (Å²) in [6.45, 7) is 2.19. The molecule has 1 aliphatic rings. The summed E-state index contributed by atoms with van der Waals surface area (Å²) < 4.78 is 12.4. The molecule has 2 N–H and O–H groups in total. The average Bonchev–Trinajstić information content (AvgIpc) is 2.90. The number of benzene rings is 4. The molecule has 5 rings (SSSR count). The fraction of sp³-hybridized carbons (Fsp3) is 0.233. The van der Waals surface area contributed by atoms with Gasteiger partial charge in [0.25, 0.3) is 0 Å². The van der Waals surface area contributed by atoms with Gasteiger partial charge < -0.3 is 19.9 Å². The Balaban J connectivity index is 1.23. The molecule has 35 heavy (non-hydrogen) atoms. The Morgan fingerprint density at radius 3 is 2.46 bits per heavy atom. The number of carboxylic acid groups (broad SMARTS) is 1. The fourth-order valence-corrected chi connectivity index (χ4v) is 4.79. The number of aromatic carboxylic acids is 1. The normalized spacial score (nSPS) is 17.7. The number of fused-ring (bicyclic) bond motifs is 1. The molecule has 0 aliphatic carbocycles. The lowest BCUT2D eigenvalue weighted by Crippen LogP contribution is -2.42. The molecule has 0 bridgehead atoms. The van der Waals surface area contributed by atoms with Gasteiger partial charge in [0, 0.05) is 18.9 Å². The number of hydrogen-bond donors (Lipinski definition) is 2. The van der Waals surface area contributed by atoms with Gasteiger partial charge in [-0.3, -0.25) is 0 Å². The summed E-state index contributed by atoms with van der Waals surface area (Å²) in [6, 6.07) is 29.9. The minimum Gasteiger partial charge on any atom is -0.493 e. The molecule has 1 saturated heterocycles. The zero-order chi connectivity index (χ0) is 24.0. The van der Waals surface area contributed by atoms with Crippen LogP contribution in [-0.4, -0.2) is 36.9 Å². The number of ether oxygens (including phenoxy) is 2. The van der Waals surface area contributed by atoms with Crippen molar-refractivity contribution in [2.24, 2.45) is 0 Å². The van der Waals surface area contributed by atoms with Crippen LogP contribution < -0.4 is 14.8 Å². The molecule has 1 fully saturated rings. The summed E-state index contributed by atoms with van der Waals surface area (Å²) in [4.78, 5) is 11.4. The first-order valence-electron chi connectivity index (χ1n) is 12.1. The Morgan fingerprint density at radius 2 is 1.63 bits per heavy atom. The smallest absolute Gasteiger partial charge is 0.335 e. The van der Waals surface area contributed by atoms with Crippen molar-refractivity contribution in [2.45, 2.75) is 24.9 Å². The predicted molar refractivity (Wildman–Crippen MR) is 138 cm³/mol. The van der Waals surface area contributed by atoms with E-state index in [-0.39, 0.29) is 6.10 Å². The lowest BCUT2D eigenvalue weighted by Gasteiger charge is -2.33. The molecule has 178 valence electrons. The van der Waals surface area contributed by atoms with Crippen molar-refractivity contribution < 1.29 is 19.4 Å². The number of carboxylic acids is 1. The van der Waals surface area contributed by atoms with Crippen LogP contribution in [0.25, 0.3) is 10.8 Å². The fourth-order valence-electron chi connectivity index (χ4n) is 4.79. The van der Waals surface area contributed by atoms with Gasteiger partial charge in [0.1, 0.15) is 17.6 Å². The molecule has 0 saturated carbocycles. The maximum atomic E-state index is 11.4. The van der Waals surface area contributed by atoms with Gasteiger partial charge in [-0.2, -0.15) is 0 Å². The van der Waals surface area contributed by atoms with Crippen LogP contribution >= 0.6 is 0 Å². The molecule has 5 nitrogen and oxygen atoms in total. The lowest BCUT2D eigenvalue weighted by atomic mass is 9.87. The van der Waals surface area contributed by atoms with E-state index in [2.05, 4.69) is 41.7 Å². The average molecular weight is 468 g/mol. The van der Waals surface area contributed by atoms with Gasteiger partial charge in [-0.15, -0.1) is 0 Å². The van der Waals surface area contributed by atoms with Crippen molar-refractivity contribution in [3.63, 3.8) is 0 Å². The van der Waals surface area contributed by atoms with Crippen LogP contribution in [0.5, 0.6) is 11.5 Å². The highest BCUT2D eigenvalue weighted by molar-refractivity contribution is 5.89. The van der Waals surface area contributed by atoms with E-state index in [1.807, 2.05) is 42.5 Å². The maximum absolute atomic E-state index is 11.4. The minimum absolute atomic E-state index is 0.0456. The molecule has 5 heteroatoms. The highest BCUT2D eigenvalue weighted by Gasteiger charge is 2.28. The van der Waals surface area contributed by atoms with Gasteiger partial charge in [-0.25, -0.2) is 4.79 Å². The highest BCUT2D eigenvalue weighted by atomic mass is 16.5. The van der Waals surface area contributed by atoms with Crippen LogP contribution in [0, 0.1) is 0 Å². The van der Waals surface area contributed by atoms with Gasteiger partial charge >= 0.3 is 5.97 Å². The highest BCUT2D eigenvalue weighted by Crippen LogP contribution is 2.31. The van der Waals surface area contributed by atoms with Crippen LogP contribution in [0.2, 0.25) is 0 Å². The first-order valence-corrected chi connectivity index (χ1v) is 12.1. The van der Waals surface area contributed by atoms with Crippen molar-refractivity contribution in [3.05, 3.63) is 108 Å². The number of hydrogen-bond acceptors (Lipinski definition) is 4. The molecule has 0 amide bonds. The van der Waals surface area contributed by atoms with Crippen molar-refractivity contribution in [3.8, 4) is 11.5 Å². The van der Waals surface area contributed by atoms with Crippen LogP contribution in [-0.2, 0) is 6.42 Å². The molecule has 2 atom stereocenters. The summed E-state index contributed by atoms with van der Waals surface area (Å²) in [6.07, 6.45) is 1.59. The summed E-state index contributed by atoms with van der Waals surface area (Å²) in [5, 5.41) is 15.2. The largest absolute Gasteiger partial charge is 0.493 e. The third-order valence-electron chi connectivity index (χ3n) is 6.63. The van der Waals surface area contributed by atoms with E-state index in [9.17, 15) is 9.90 Å². The zero-order valence-electron chi connectivity index (χ0n) is 19.5. The first kappa shape index (κ1) is 22.9. The van der Waals surface area contributed by atoms with Crippen LogP contribution in [0.15, 0.2) is 91.0 Å². The van der Waals surface area contributed by atoms with Gasteiger partial charge in [0.15, 0.2) is 0 Å². The molecular formula is C30H29NO4. The molecule has 0 spiro atoms. The molecule has 1 aliphatic heterocycles. The van der Waals surface area contributed by atoms with Crippen LogP contribution in [0.1, 0.15) is 33.8 Å². The van der Waals surface area contributed by atoms with E-state index in [1.54, 1.807) is 12.1 Å². The monoisotopic (exact) mass is 467 g/mol. The Labute approximate surface area is 205 Å². The molecule has 4 aromatic rings. The van der Waals surface area contributed by atoms with Gasteiger partial charge in [0.05, 0.1) is 12.2 Å². The van der Waals surface area contributed by atoms with E-state index < -0.39 is 5.97 Å². The molecule has 0 radical (unpaired) electrons. The standard InChI is InChI=1S/C30H29NO4/c32-30(33)28-8-4-3-6-22(28)16-18-34-25-12-10-23(11-13-25)27-15-17-31-20-29(27)35-26-14-9-21-5-1-2-7-24(21)19-26/h1-14,19,27,29,31H,15-18,20H2,(H,32,33). The number of carbonyl (C=O) groups is 1. The second-order valence-corrected chi connectivity index (χ2v) is 8.89. The van der Waals surface area contributed by atoms with E-state index in [0.717, 1.165) is 36.6 Å². The third-order valence-corrected chi connectivity index (χ3v) is 6.63. The summed E-state index contributed by atoms with van der Waals surface area (Å²) in [7, 11) is 0. The van der Waals surface area contributed by atoms with E-state index in [0.29, 0.717) is 24.5 Å². The van der Waals surface area contributed by atoms with Crippen LogP contribution in [0.3, 0.4) is 0 Å². The summed E-state index contributed by atoms with van der Waals surface area (Å²) in [5.74, 6) is 1.05. The van der Waals surface area contributed by atoms with Crippen molar-refractivity contribution >= 4 is 16.7 Å². The third kappa shape index (κ3) is 5.47. The van der Waals surface area contributed by atoms with Gasteiger partial charge in [-0.05, 0) is 65.2 Å². The van der Waals surface area contributed by atoms with E-state index in [1.165, 1.54) is 16.3 Å². The number of rotatable bonds is 8. The zero-order valence-corrected chi connectivity index (χ0v) is 19.5. The van der Waals surface area contributed by atoms with Gasteiger partial charge in [-0.1, -0.05) is 60.7 Å². The van der Waals surface area contributed by atoms with Crippen molar-refractivity contribution in [2.75, 3.05) is 19.7 Å². The first-order chi connectivity index (χ1) is 17.2. The second kappa shape index (κ2) is 10.6. The maximum Gasteiger partial charge on any atom is 0.335 e. The molecule has 4 aromatic carbocycles. The lowest BCUT2D eigenvalue weighted by molar-refractivity contribution is 0.0695. The molecular weight excluding hydrogens is 438 g/mol. The van der Waals surface area contributed by atoms with Crippen LogP contribution in [0.4, 0.5) is 0 Å². The summed E-state index contributed by atoms with van der Waals surface area (Å²) >= 11 is 0. The SMILES string of the molecule is O=C(O)c1ccccc1CCOc1ccc(C2CCNCC2Oc2ccc3ccccc3c2)cc1.